The van der Waals surface area contributed by atoms with Crippen molar-refractivity contribution in [2.45, 2.75) is 44.6 Å². The van der Waals surface area contributed by atoms with Crippen LogP contribution in [-0.4, -0.2) is 41.3 Å². The molecule has 1 aromatic rings. The van der Waals surface area contributed by atoms with Gasteiger partial charge in [0.15, 0.2) is 5.78 Å². The zero-order valence-corrected chi connectivity index (χ0v) is 14.8. The molecule has 0 spiro atoms. The van der Waals surface area contributed by atoms with Gasteiger partial charge in [0.2, 0.25) is 0 Å². The number of nitrogens with one attached hydrogen (secondary N) is 1. The van der Waals surface area contributed by atoms with Crippen LogP contribution < -0.4 is 5.32 Å². The highest BCUT2D eigenvalue weighted by atomic mass is 32.1. The number of halogens is 1. The predicted molar refractivity (Wildman–Crippen MR) is 97.9 cm³/mol. The minimum absolute atomic E-state index is 0.0221. The van der Waals surface area contributed by atoms with E-state index in [9.17, 15) is 9.18 Å². The minimum Gasteiger partial charge on any atom is -0.362 e. The topological polar surface area (TPSA) is 32.3 Å². The summed E-state index contributed by atoms with van der Waals surface area (Å²) in [5, 5.41) is 3.49. The smallest absolute Gasteiger partial charge is 0.169 e. The van der Waals surface area contributed by atoms with Gasteiger partial charge in [0, 0.05) is 18.2 Å². The molecule has 24 heavy (non-hydrogen) atoms. The number of benzene rings is 1. The number of hydrogen-bond donors (Lipinski definition) is 1. The molecule has 0 amide bonds. The minimum atomic E-state index is -0.324. The average molecular weight is 348 g/mol. The van der Waals surface area contributed by atoms with Gasteiger partial charge >= 0.3 is 0 Å². The van der Waals surface area contributed by atoms with Crippen LogP contribution in [0.3, 0.4) is 0 Å². The van der Waals surface area contributed by atoms with E-state index in [0.717, 1.165) is 37.5 Å². The van der Waals surface area contributed by atoms with E-state index in [-0.39, 0.29) is 18.0 Å². The van der Waals surface area contributed by atoms with Crippen molar-refractivity contribution in [3.8, 4) is 0 Å². The summed E-state index contributed by atoms with van der Waals surface area (Å²) in [4.78, 5) is 15.5. The molecular formula is C19H25FN2OS. The first-order valence-electron chi connectivity index (χ1n) is 8.94. The highest BCUT2D eigenvalue weighted by molar-refractivity contribution is 7.80. The van der Waals surface area contributed by atoms with Gasteiger partial charge in [-0.25, -0.2) is 4.39 Å². The first-order valence-corrected chi connectivity index (χ1v) is 9.35. The number of ketones is 1. The molecule has 0 saturated carbocycles. The summed E-state index contributed by atoms with van der Waals surface area (Å²) in [6.45, 7) is 3.11. The maximum absolute atomic E-state index is 13.0. The zero-order valence-electron chi connectivity index (χ0n) is 14.0. The zero-order chi connectivity index (χ0) is 16.9. The normalized spacial score (nSPS) is 24.6. The largest absolute Gasteiger partial charge is 0.362 e. The van der Waals surface area contributed by atoms with Crippen molar-refractivity contribution in [1.82, 2.24) is 10.2 Å². The quantitative estimate of drug-likeness (QED) is 0.666. The lowest BCUT2D eigenvalue weighted by atomic mass is 9.85. The summed E-state index contributed by atoms with van der Waals surface area (Å²) in [5.41, 5.74) is 0.534. The Hall–Kier alpha value is -1.33. The summed E-state index contributed by atoms with van der Waals surface area (Å²) in [7, 11) is 0. The van der Waals surface area contributed by atoms with Gasteiger partial charge in [-0.15, -0.1) is 0 Å². The Balaban J connectivity index is 1.65. The Morgan fingerprint density at radius 1 is 1.21 bits per heavy atom. The number of hydrogen-bond acceptors (Lipinski definition) is 3. The third kappa shape index (κ3) is 4.19. The molecular weight excluding hydrogens is 323 g/mol. The standard InChI is InChI=1S/C19H25FN2OS/c20-16-8-6-14(7-9-16)18(23)12-19(24)22-11-2-1-5-17(22)15-4-3-10-21-13-15/h6-9,15,17,21H,1-5,10-13H2. The molecule has 130 valence electrons. The van der Waals surface area contributed by atoms with Gasteiger partial charge in [-0.1, -0.05) is 12.2 Å². The third-order valence-corrected chi connectivity index (χ3v) is 5.61. The molecule has 0 radical (unpaired) electrons. The van der Waals surface area contributed by atoms with Crippen LogP contribution in [0.4, 0.5) is 4.39 Å². The molecule has 2 unspecified atom stereocenters. The molecule has 5 heteroatoms. The highest BCUT2D eigenvalue weighted by Gasteiger charge is 2.32. The van der Waals surface area contributed by atoms with Crippen molar-refractivity contribution >= 4 is 23.0 Å². The Bertz CT molecular complexity index is 584. The number of nitrogens with zero attached hydrogens (tertiary/aromatic N) is 1. The third-order valence-electron chi connectivity index (χ3n) is 5.23. The van der Waals surface area contributed by atoms with E-state index < -0.39 is 0 Å². The van der Waals surface area contributed by atoms with Crippen LogP contribution in [0.1, 0.15) is 48.9 Å². The number of carbonyl (C=O) groups is 1. The molecule has 3 nitrogen and oxygen atoms in total. The van der Waals surface area contributed by atoms with Gasteiger partial charge in [-0.2, -0.15) is 0 Å². The molecule has 2 saturated heterocycles. The van der Waals surface area contributed by atoms with Crippen LogP contribution in [0, 0.1) is 11.7 Å². The van der Waals surface area contributed by atoms with E-state index >= 15 is 0 Å². The van der Waals surface area contributed by atoms with E-state index in [1.807, 2.05) is 0 Å². The van der Waals surface area contributed by atoms with Crippen molar-refractivity contribution in [3.05, 3.63) is 35.6 Å². The predicted octanol–water partition coefficient (Wildman–Crippen LogP) is 3.58. The second kappa shape index (κ2) is 8.17. The molecule has 0 bridgehead atoms. The lowest BCUT2D eigenvalue weighted by Gasteiger charge is -2.43. The Labute approximate surface area is 148 Å². The van der Waals surface area contributed by atoms with E-state index in [4.69, 9.17) is 12.2 Å². The molecule has 2 aliphatic rings. The van der Waals surface area contributed by atoms with Gasteiger partial charge in [-0.3, -0.25) is 4.79 Å². The number of piperidine rings is 2. The van der Waals surface area contributed by atoms with Crippen molar-refractivity contribution in [2.75, 3.05) is 19.6 Å². The van der Waals surface area contributed by atoms with Crippen LogP contribution in [-0.2, 0) is 0 Å². The van der Waals surface area contributed by atoms with Crippen molar-refractivity contribution < 1.29 is 9.18 Å². The fourth-order valence-corrected chi connectivity index (χ4v) is 4.30. The van der Waals surface area contributed by atoms with Crippen LogP contribution in [0.25, 0.3) is 0 Å². The number of carbonyl (C=O) groups excluding carboxylic acids is 1. The first kappa shape index (κ1) is 17.5. The summed E-state index contributed by atoms with van der Waals surface area (Å²) in [5.74, 6) is 0.277. The van der Waals surface area contributed by atoms with Crippen LogP contribution in [0.15, 0.2) is 24.3 Å². The second-order valence-corrected chi connectivity index (χ2v) is 7.33. The monoisotopic (exact) mass is 348 g/mol. The number of thiocarbonyl (C=S) groups is 1. The number of likely N-dealkylation sites (tertiary alicyclic amines) is 1. The SMILES string of the molecule is O=C(CC(=S)N1CCCCC1C1CCCNC1)c1ccc(F)cc1. The second-order valence-electron chi connectivity index (χ2n) is 6.86. The van der Waals surface area contributed by atoms with E-state index in [0.29, 0.717) is 17.5 Å². The van der Waals surface area contributed by atoms with Crippen molar-refractivity contribution in [3.63, 3.8) is 0 Å². The molecule has 2 heterocycles. The highest BCUT2D eigenvalue weighted by Crippen LogP contribution is 2.28. The van der Waals surface area contributed by atoms with Crippen LogP contribution in [0.5, 0.6) is 0 Å². The first-order chi connectivity index (χ1) is 11.6. The van der Waals surface area contributed by atoms with Crippen LogP contribution in [0.2, 0.25) is 0 Å². The lowest BCUT2D eigenvalue weighted by Crippen LogP contribution is -2.51. The number of rotatable bonds is 4. The van der Waals surface area contributed by atoms with Gasteiger partial charge in [0.1, 0.15) is 5.82 Å². The van der Waals surface area contributed by atoms with E-state index in [2.05, 4.69) is 10.2 Å². The molecule has 2 fully saturated rings. The van der Waals surface area contributed by atoms with Gasteiger partial charge < -0.3 is 10.2 Å². The van der Waals surface area contributed by atoms with Gasteiger partial charge in [-0.05, 0) is 75.4 Å². The molecule has 2 atom stereocenters. The summed E-state index contributed by atoms with van der Waals surface area (Å²) < 4.78 is 13.0. The summed E-state index contributed by atoms with van der Waals surface area (Å²) >= 11 is 5.63. The van der Waals surface area contributed by atoms with E-state index in [1.165, 1.54) is 31.4 Å². The maximum atomic E-state index is 13.0. The van der Waals surface area contributed by atoms with Crippen molar-refractivity contribution in [2.24, 2.45) is 5.92 Å². The lowest BCUT2D eigenvalue weighted by molar-refractivity contribution is 0.0990. The van der Waals surface area contributed by atoms with Crippen molar-refractivity contribution in [1.29, 1.82) is 0 Å². The van der Waals surface area contributed by atoms with Gasteiger partial charge in [0.05, 0.1) is 11.4 Å². The fourth-order valence-electron chi connectivity index (χ4n) is 3.94. The van der Waals surface area contributed by atoms with E-state index in [1.54, 1.807) is 12.1 Å². The molecule has 0 aliphatic carbocycles. The number of Topliss-reactive ketones (excluding diaryl/α,β-unsaturated/α-hetero) is 1. The summed E-state index contributed by atoms with van der Waals surface area (Å²) in [6, 6.07) is 6.19. The molecule has 1 N–H and O–H groups in total. The Morgan fingerprint density at radius 3 is 2.71 bits per heavy atom. The maximum Gasteiger partial charge on any atom is 0.169 e. The fraction of sp³-hybridized carbons (Fsp3) is 0.579. The molecule has 2 aliphatic heterocycles. The summed E-state index contributed by atoms with van der Waals surface area (Å²) in [6.07, 6.45) is 6.25. The van der Waals surface area contributed by atoms with Crippen LogP contribution >= 0.6 is 12.2 Å². The Kier molecular flexibility index (Phi) is 5.95. The molecule has 1 aromatic carbocycles. The Morgan fingerprint density at radius 2 is 2.00 bits per heavy atom. The average Bonchev–Trinajstić information content (AvgIpc) is 2.63. The molecule has 0 aromatic heterocycles. The van der Waals surface area contributed by atoms with Gasteiger partial charge in [0.25, 0.3) is 0 Å². The molecule has 3 rings (SSSR count).